The first-order valence-electron chi connectivity index (χ1n) is 7.08. The van der Waals surface area contributed by atoms with Crippen molar-refractivity contribution in [2.24, 2.45) is 0 Å². The van der Waals surface area contributed by atoms with Gasteiger partial charge in [-0.25, -0.2) is 12.8 Å². The Morgan fingerprint density at radius 1 is 1.28 bits per heavy atom. The molecular formula is C15H15FN2O6S. The van der Waals surface area contributed by atoms with Crippen LogP contribution in [0.1, 0.15) is 21.8 Å². The molecule has 1 heterocycles. The number of halogens is 1. The van der Waals surface area contributed by atoms with Gasteiger partial charge in [-0.05, 0) is 26.0 Å². The Kier molecular flexibility index (Phi) is 5.65. The minimum Gasteiger partial charge on any atom is -0.456 e. The van der Waals surface area contributed by atoms with Crippen LogP contribution in [0.3, 0.4) is 0 Å². The number of hydrogen-bond acceptors (Lipinski definition) is 7. The Labute approximate surface area is 143 Å². The van der Waals surface area contributed by atoms with Gasteiger partial charge in [0.15, 0.2) is 12.4 Å². The lowest BCUT2D eigenvalue weighted by Gasteiger charge is -2.07. The van der Waals surface area contributed by atoms with Gasteiger partial charge in [0.1, 0.15) is 23.0 Å². The molecule has 0 atom stereocenters. The van der Waals surface area contributed by atoms with Gasteiger partial charge in [0, 0.05) is 0 Å². The van der Waals surface area contributed by atoms with Gasteiger partial charge in [-0.3, -0.25) is 9.59 Å². The highest BCUT2D eigenvalue weighted by Crippen LogP contribution is 2.18. The van der Waals surface area contributed by atoms with E-state index in [0.29, 0.717) is 0 Å². The number of ether oxygens (including phenoxy) is 1. The molecule has 134 valence electrons. The van der Waals surface area contributed by atoms with Crippen LogP contribution in [-0.2, 0) is 19.6 Å². The first-order chi connectivity index (χ1) is 11.7. The molecule has 0 saturated carbocycles. The second-order valence-corrected chi connectivity index (χ2v) is 6.75. The van der Waals surface area contributed by atoms with Crippen LogP contribution in [0.15, 0.2) is 33.7 Å². The van der Waals surface area contributed by atoms with Crippen LogP contribution in [0, 0.1) is 19.7 Å². The van der Waals surface area contributed by atoms with Crippen molar-refractivity contribution in [1.29, 1.82) is 0 Å². The second kappa shape index (κ2) is 7.53. The Morgan fingerprint density at radius 2 is 1.96 bits per heavy atom. The molecule has 0 radical (unpaired) electrons. The van der Waals surface area contributed by atoms with E-state index in [9.17, 15) is 22.4 Å². The third kappa shape index (κ3) is 4.48. The molecule has 0 aliphatic heterocycles. The van der Waals surface area contributed by atoms with Crippen molar-refractivity contribution in [3.8, 4) is 0 Å². The molecule has 2 aromatic rings. The van der Waals surface area contributed by atoms with Gasteiger partial charge >= 0.3 is 5.97 Å². The van der Waals surface area contributed by atoms with Crippen LogP contribution in [0.4, 0.5) is 4.39 Å². The molecule has 0 unspecified atom stereocenters. The predicted molar refractivity (Wildman–Crippen MR) is 82.9 cm³/mol. The number of esters is 1. The second-order valence-electron chi connectivity index (χ2n) is 5.04. The lowest BCUT2D eigenvalue weighted by molar-refractivity contribution is -0.141. The van der Waals surface area contributed by atoms with Crippen LogP contribution in [-0.4, -0.2) is 38.5 Å². The highest BCUT2D eigenvalue weighted by molar-refractivity contribution is 7.89. The number of benzene rings is 1. The highest BCUT2D eigenvalue weighted by Gasteiger charge is 2.25. The third-order valence-electron chi connectivity index (χ3n) is 3.18. The average molecular weight is 370 g/mol. The first-order valence-corrected chi connectivity index (χ1v) is 8.56. The van der Waals surface area contributed by atoms with Crippen LogP contribution >= 0.6 is 0 Å². The zero-order valence-corrected chi connectivity index (χ0v) is 14.2. The van der Waals surface area contributed by atoms with Gasteiger partial charge in [0.2, 0.25) is 15.8 Å². The van der Waals surface area contributed by atoms with Crippen LogP contribution in [0.2, 0.25) is 0 Å². The summed E-state index contributed by atoms with van der Waals surface area (Å²) in [5, 5.41) is 3.52. The number of ketones is 1. The fraction of sp³-hybridized carbons (Fsp3) is 0.267. The van der Waals surface area contributed by atoms with Crippen molar-refractivity contribution in [2.75, 3.05) is 13.2 Å². The minimum atomic E-state index is -4.02. The number of sulfonamides is 1. The van der Waals surface area contributed by atoms with E-state index in [-0.39, 0.29) is 21.9 Å². The molecule has 0 fully saturated rings. The zero-order chi connectivity index (χ0) is 18.6. The smallest absolute Gasteiger partial charge is 0.321 e. The molecule has 0 spiro atoms. The van der Waals surface area contributed by atoms with Crippen molar-refractivity contribution in [2.45, 2.75) is 18.7 Å². The van der Waals surface area contributed by atoms with Gasteiger partial charge in [-0.2, -0.15) is 4.72 Å². The summed E-state index contributed by atoms with van der Waals surface area (Å²) in [6.07, 6.45) is 0. The number of aromatic nitrogens is 1. The molecule has 1 N–H and O–H groups in total. The number of aryl methyl sites for hydroxylation is 2. The fourth-order valence-electron chi connectivity index (χ4n) is 2.05. The van der Waals surface area contributed by atoms with Crippen molar-refractivity contribution in [3.05, 3.63) is 47.1 Å². The minimum absolute atomic E-state index is 0.0769. The SMILES string of the molecule is Cc1noc(C)c1S(=O)(=O)NCC(=O)OCC(=O)c1ccccc1F. The number of rotatable bonds is 7. The number of carbonyl (C=O) groups is 2. The van der Waals surface area contributed by atoms with Gasteiger partial charge in [0.05, 0.1) is 5.56 Å². The van der Waals surface area contributed by atoms with Gasteiger partial charge in [-0.15, -0.1) is 0 Å². The Bertz CT molecular complexity index is 887. The Morgan fingerprint density at radius 3 is 2.56 bits per heavy atom. The van der Waals surface area contributed by atoms with Gasteiger partial charge in [-0.1, -0.05) is 17.3 Å². The van der Waals surface area contributed by atoms with E-state index in [1.54, 1.807) is 0 Å². The molecule has 0 amide bonds. The van der Waals surface area contributed by atoms with Gasteiger partial charge in [0.25, 0.3) is 0 Å². The van der Waals surface area contributed by atoms with E-state index in [1.807, 2.05) is 4.72 Å². The summed E-state index contributed by atoms with van der Waals surface area (Å²) in [6, 6.07) is 5.25. The lowest BCUT2D eigenvalue weighted by atomic mass is 10.1. The average Bonchev–Trinajstić information content (AvgIpc) is 2.90. The first kappa shape index (κ1) is 18.7. The van der Waals surface area contributed by atoms with Crippen molar-refractivity contribution >= 4 is 21.8 Å². The van der Waals surface area contributed by atoms with E-state index in [0.717, 1.165) is 6.07 Å². The van der Waals surface area contributed by atoms with E-state index in [4.69, 9.17) is 4.52 Å². The molecule has 8 nitrogen and oxygen atoms in total. The van der Waals surface area contributed by atoms with Gasteiger partial charge < -0.3 is 9.26 Å². The standard InChI is InChI=1S/C15H15FN2O6S/c1-9-15(10(2)24-18-9)25(21,22)17-7-14(20)23-8-13(19)11-5-3-4-6-12(11)16/h3-6,17H,7-8H2,1-2H3. The zero-order valence-electron chi connectivity index (χ0n) is 13.4. The summed E-state index contributed by atoms with van der Waals surface area (Å²) in [7, 11) is -4.02. The number of nitrogens with zero attached hydrogens (tertiary/aromatic N) is 1. The molecular weight excluding hydrogens is 355 g/mol. The van der Waals surface area contributed by atoms with Crippen LogP contribution in [0.5, 0.6) is 0 Å². The fourth-order valence-corrected chi connectivity index (χ4v) is 3.34. The molecule has 2 rings (SSSR count). The van der Waals surface area contributed by atoms with Crippen molar-refractivity contribution in [3.63, 3.8) is 0 Å². The Hall–Kier alpha value is -2.59. The van der Waals surface area contributed by atoms with E-state index in [2.05, 4.69) is 9.89 Å². The normalized spacial score (nSPS) is 11.3. The lowest BCUT2D eigenvalue weighted by Crippen LogP contribution is -2.32. The third-order valence-corrected chi connectivity index (χ3v) is 4.83. The molecule has 0 aliphatic carbocycles. The molecule has 1 aromatic carbocycles. The van der Waals surface area contributed by atoms with Crippen molar-refractivity contribution in [1.82, 2.24) is 9.88 Å². The summed E-state index contributed by atoms with van der Waals surface area (Å²) in [6.45, 7) is 1.46. The predicted octanol–water partition coefficient (Wildman–Crippen LogP) is 1.13. The van der Waals surface area contributed by atoms with Crippen LogP contribution in [0.25, 0.3) is 0 Å². The summed E-state index contributed by atoms with van der Waals surface area (Å²) in [5.74, 6) is -2.38. The van der Waals surface area contributed by atoms with Crippen molar-refractivity contribution < 1.29 is 31.7 Å². The monoisotopic (exact) mass is 370 g/mol. The number of Topliss-reactive ketones (excluding diaryl/α,β-unsaturated/α-hetero) is 1. The summed E-state index contributed by atoms with van der Waals surface area (Å²) < 4.78 is 49.1. The number of nitrogens with one attached hydrogen (secondary N) is 1. The summed E-state index contributed by atoms with van der Waals surface area (Å²) in [4.78, 5) is 23.2. The van der Waals surface area contributed by atoms with E-state index in [1.165, 1.54) is 32.0 Å². The Balaban J connectivity index is 1.91. The quantitative estimate of drug-likeness (QED) is 0.574. The molecule has 1 aromatic heterocycles. The number of carbonyl (C=O) groups excluding carboxylic acids is 2. The highest BCUT2D eigenvalue weighted by atomic mass is 32.2. The van der Waals surface area contributed by atoms with E-state index < -0.39 is 40.7 Å². The van der Waals surface area contributed by atoms with E-state index >= 15 is 0 Å². The topological polar surface area (TPSA) is 116 Å². The maximum atomic E-state index is 13.4. The maximum absolute atomic E-state index is 13.4. The molecule has 25 heavy (non-hydrogen) atoms. The molecule has 0 saturated heterocycles. The van der Waals surface area contributed by atoms with Crippen LogP contribution < -0.4 is 4.72 Å². The molecule has 0 aliphatic rings. The number of hydrogen-bond donors (Lipinski definition) is 1. The maximum Gasteiger partial charge on any atom is 0.321 e. The largest absolute Gasteiger partial charge is 0.456 e. The summed E-state index contributed by atoms with van der Waals surface area (Å²) >= 11 is 0. The summed E-state index contributed by atoms with van der Waals surface area (Å²) in [5.41, 5.74) is -0.0697. The molecule has 0 bridgehead atoms. The molecule has 10 heteroatoms.